The third kappa shape index (κ3) is 3.91. The molecule has 2 heterocycles. The fourth-order valence-corrected chi connectivity index (χ4v) is 4.86. The Morgan fingerprint density at radius 2 is 1.97 bits per heavy atom. The van der Waals surface area contributed by atoms with Gasteiger partial charge in [-0.25, -0.2) is 4.68 Å². The molecule has 0 unspecified atom stereocenters. The van der Waals surface area contributed by atoms with Crippen molar-refractivity contribution in [1.29, 1.82) is 0 Å². The molecule has 174 valence electrons. The lowest BCUT2D eigenvalue weighted by Gasteiger charge is -2.58. The molecule has 4 rings (SSSR count). The maximum Gasteiger partial charge on any atom is 0.417 e. The van der Waals surface area contributed by atoms with E-state index in [1.165, 1.54) is 17.8 Å². The molecular weight excluding hydrogens is 459 g/mol. The number of halogens is 4. The van der Waals surface area contributed by atoms with E-state index in [9.17, 15) is 22.8 Å². The monoisotopic (exact) mass is 479 g/mol. The van der Waals surface area contributed by atoms with Crippen molar-refractivity contribution in [2.75, 3.05) is 25.9 Å². The van der Waals surface area contributed by atoms with Gasteiger partial charge in [-0.2, -0.15) is 18.3 Å². The molecule has 2 aliphatic rings. The number of nitrogens with zero attached hydrogens (tertiary/aromatic N) is 3. The van der Waals surface area contributed by atoms with E-state index in [1.54, 1.807) is 11.8 Å². The first-order valence-corrected chi connectivity index (χ1v) is 10.6. The molecule has 7 nitrogen and oxygen atoms in total. The normalized spacial score (nSPS) is 17.1. The quantitative estimate of drug-likeness (QED) is 0.660. The molecule has 11 heteroatoms. The molecule has 2 fully saturated rings. The highest BCUT2D eigenvalue weighted by molar-refractivity contribution is 6.31. The van der Waals surface area contributed by atoms with Crippen molar-refractivity contribution in [3.05, 3.63) is 34.3 Å². The van der Waals surface area contributed by atoms with Crippen molar-refractivity contribution in [2.45, 2.75) is 32.0 Å². The molecule has 0 atom stereocenters. The van der Waals surface area contributed by atoms with Gasteiger partial charge < -0.3 is 16.0 Å². The van der Waals surface area contributed by atoms with E-state index < -0.39 is 22.7 Å². The zero-order chi connectivity index (χ0) is 24.1. The summed E-state index contributed by atoms with van der Waals surface area (Å²) in [7, 11) is 1.41. The van der Waals surface area contributed by atoms with Crippen molar-refractivity contribution < 1.29 is 22.8 Å². The summed E-state index contributed by atoms with van der Waals surface area (Å²) in [6.45, 7) is 2.77. The summed E-state index contributed by atoms with van der Waals surface area (Å²) >= 11 is 5.74. The van der Waals surface area contributed by atoms with E-state index in [0.717, 1.165) is 12.1 Å². The van der Waals surface area contributed by atoms with Crippen LogP contribution in [0.15, 0.2) is 18.2 Å². The van der Waals surface area contributed by atoms with Crippen LogP contribution in [0, 0.1) is 17.3 Å². The number of anilines is 1. The molecule has 33 heavy (non-hydrogen) atoms. The molecule has 1 spiro atoms. The summed E-state index contributed by atoms with van der Waals surface area (Å²) in [4.78, 5) is 26.1. The topological polar surface area (TPSA) is 93.2 Å². The number of rotatable bonds is 3. The van der Waals surface area contributed by atoms with Gasteiger partial charge >= 0.3 is 6.18 Å². The lowest BCUT2D eigenvalue weighted by Crippen LogP contribution is -2.63. The smallest absolute Gasteiger partial charge is 0.383 e. The van der Waals surface area contributed by atoms with E-state index in [1.807, 2.05) is 0 Å². The maximum atomic E-state index is 13.4. The summed E-state index contributed by atoms with van der Waals surface area (Å²) < 4.78 is 41.6. The summed E-state index contributed by atoms with van der Waals surface area (Å²) in [6, 6.07) is 3.24. The van der Waals surface area contributed by atoms with E-state index in [2.05, 4.69) is 22.3 Å². The summed E-state index contributed by atoms with van der Waals surface area (Å²) in [6.07, 6.45) is -3.29. The standard InChI is InChI=1S/C22H21ClF3N5O2/c1-3-4-16(32)30-10-21(11-30)8-13(9-21)31-19(27)17(20(33)28-2)18(29-31)12-5-6-15(23)14(7-12)22(24,25)26/h5-7,13H,8-11,27H2,1-2H3,(H,28,33). The van der Waals surface area contributed by atoms with Crippen LogP contribution in [0.5, 0.6) is 0 Å². The van der Waals surface area contributed by atoms with Gasteiger partial charge in [0, 0.05) is 31.1 Å². The number of likely N-dealkylation sites (tertiary alicyclic amines) is 1. The van der Waals surface area contributed by atoms with Crippen LogP contribution in [0.4, 0.5) is 19.0 Å². The van der Waals surface area contributed by atoms with Crippen LogP contribution in [0.1, 0.15) is 41.7 Å². The Kier molecular flexibility index (Phi) is 5.56. The Morgan fingerprint density at radius 3 is 2.55 bits per heavy atom. The van der Waals surface area contributed by atoms with Crippen molar-refractivity contribution in [1.82, 2.24) is 20.0 Å². The van der Waals surface area contributed by atoms with E-state index in [4.69, 9.17) is 17.3 Å². The Hall–Kier alpha value is -3.19. The van der Waals surface area contributed by atoms with E-state index in [0.29, 0.717) is 25.9 Å². The number of amides is 2. The highest BCUT2D eigenvalue weighted by Gasteiger charge is 2.55. The SMILES string of the molecule is CC#CC(=O)N1CC2(CC(n3nc(-c4ccc(Cl)c(C(F)(F)F)c4)c(C(=O)NC)c3N)C2)C1. The lowest BCUT2D eigenvalue weighted by molar-refractivity contribution is -0.148. The Morgan fingerprint density at radius 1 is 1.30 bits per heavy atom. The molecule has 0 radical (unpaired) electrons. The van der Waals surface area contributed by atoms with Crippen LogP contribution in [0.2, 0.25) is 5.02 Å². The van der Waals surface area contributed by atoms with Crippen molar-refractivity contribution in [2.24, 2.45) is 5.41 Å². The highest BCUT2D eigenvalue weighted by Crippen LogP contribution is 2.55. The molecule has 2 amide bonds. The largest absolute Gasteiger partial charge is 0.417 e. The fourth-order valence-electron chi connectivity index (χ4n) is 4.63. The number of nitrogens with one attached hydrogen (secondary N) is 1. The fraction of sp³-hybridized carbons (Fsp3) is 0.409. The van der Waals surface area contributed by atoms with Gasteiger partial charge in [0.2, 0.25) is 0 Å². The van der Waals surface area contributed by atoms with E-state index in [-0.39, 0.29) is 40.0 Å². The second-order valence-corrected chi connectivity index (χ2v) is 8.83. The number of alkyl halides is 3. The number of benzene rings is 1. The first-order chi connectivity index (χ1) is 15.5. The first-order valence-electron chi connectivity index (χ1n) is 10.2. The van der Waals surface area contributed by atoms with Crippen LogP contribution in [-0.2, 0) is 11.0 Å². The molecule has 0 bridgehead atoms. The predicted molar refractivity (Wildman–Crippen MR) is 116 cm³/mol. The van der Waals surface area contributed by atoms with Gasteiger partial charge in [0.05, 0.1) is 16.6 Å². The summed E-state index contributed by atoms with van der Waals surface area (Å²) in [5.41, 5.74) is 5.34. The molecule has 1 aliphatic carbocycles. The molecule has 2 aromatic rings. The van der Waals surface area contributed by atoms with Crippen molar-refractivity contribution in [3.63, 3.8) is 0 Å². The average Bonchev–Trinajstić information content (AvgIpc) is 3.02. The van der Waals surface area contributed by atoms with Crippen LogP contribution in [0.25, 0.3) is 11.3 Å². The number of hydrogen-bond acceptors (Lipinski definition) is 4. The molecule has 1 aromatic heterocycles. The minimum absolute atomic E-state index is 0.0116. The lowest BCUT2D eigenvalue weighted by atomic mass is 9.60. The predicted octanol–water partition coefficient (Wildman–Crippen LogP) is 3.35. The van der Waals surface area contributed by atoms with Gasteiger partial charge in [0.1, 0.15) is 17.1 Å². The third-order valence-corrected chi connectivity index (χ3v) is 6.53. The second-order valence-electron chi connectivity index (χ2n) is 8.42. The first kappa shape index (κ1) is 23.0. The molecule has 3 N–H and O–H groups in total. The molecule has 1 aromatic carbocycles. The molecule has 1 saturated heterocycles. The number of nitrogens with two attached hydrogens (primary N) is 1. The zero-order valence-electron chi connectivity index (χ0n) is 17.9. The Bertz CT molecular complexity index is 1200. The van der Waals surface area contributed by atoms with Crippen LogP contribution in [0.3, 0.4) is 0 Å². The third-order valence-electron chi connectivity index (χ3n) is 6.20. The summed E-state index contributed by atoms with van der Waals surface area (Å²) in [5, 5.41) is 6.47. The van der Waals surface area contributed by atoms with Gasteiger partial charge in [-0.1, -0.05) is 23.6 Å². The number of carbonyl (C=O) groups is 2. The maximum absolute atomic E-state index is 13.4. The molecular formula is C22H21ClF3N5O2. The second kappa shape index (κ2) is 7.99. The van der Waals surface area contributed by atoms with Gasteiger partial charge in [-0.3, -0.25) is 9.59 Å². The molecule has 1 saturated carbocycles. The van der Waals surface area contributed by atoms with Crippen molar-refractivity contribution in [3.8, 4) is 23.1 Å². The number of carbonyl (C=O) groups excluding carboxylic acids is 2. The van der Waals surface area contributed by atoms with Gasteiger partial charge in [-0.05, 0) is 37.8 Å². The van der Waals surface area contributed by atoms with Crippen LogP contribution >= 0.6 is 11.6 Å². The zero-order valence-corrected chi connectivity index (χ0v) is 18.6. The summed E-state index contributed by atoms with van der Waals surface area (Å²) in [5.74, 6) is 4.43. The number of hydrogen-bond donors (Lipinski definition) is 2. The average molecular weight is 480 g/mol. The molecule has 1 aliphatic heterocycles. The number of nitrogen functional groups attached to an aromatic ring is 1. The minimum atomic E-state index is -4.66. The van der Waals surface area contributed by atoms with E-state index >= 15 is 0 Å². The Balaban J connectivity index is 1.64. The number of aromatic nitrogens is 2. The van der Waals surface area contributed by atoms with Crippen molar-refractivity contribution >= 4 is 29.2 Å². The Labute approximate surface area is 193 Å². The van der Waals surface area contributed by atoms with Gasteiger partial charge in [-0.15, -0.1) is 0 Å². The van der Waals surface area contributed by atoms with Crippen LogP contribution in [-0.4, -0.2) is 46.6 Å². The highest BCUT2D eigenvalue weighted by atomic mass is 35.5. The van der Waals surface area contributed by atoms with Gasteiger partial charge in [0.15, 0.2) is 0 Å². The minimum Gasteiger partial charge on any atom is -0.383 e. The van der Waals surface area contributed by atoms with Crippen LogP contribution < -0.4 is 11.1 Å². The van der Waals surface area contributed by atoms with Gasteiger partial charge in [0.25, 0.3) is 11.8 Å².